The van der Waals surface area contributed by atoms with Crippen molar-refractivity contribution in [1.82, 2.24) is 9.55 Å². The molecule has 0 bridgehead atoms. The summed E-state index contributed by atoms with van der Waals surface area (Å²) in [5, 5.41) is 13.4. The number of halogens is 1. The molecule has 1 atom stereocenters. The topological polar surface area (TPSA) is 55.1 Å². The van der Waals surface area contributed by atoms with Crippen molar-refractivity contribution in [3.63, 3.8) is 0 Å². The van der Waals surface area contributed by atoms with Crippen LogP contribution in [0.15, 0.2) is 58.7 Å². The van der Waals surface area contributed by atoms with Crippen LogP contribution in [-0.4, -0.2) is 14.7 Å². The molecule has 27 heavy (non-hydrogen) atoms. The van der Waals surface area contributed by atoms with Crippen LogP contribution in [0.1, 0.15) is 22.9 Å². The first-order valence-electron chi connectivity index (χ1n) is 8.44. The van der Waals surface area contributed by atoms with Gasteiger partial charge in [0, 0.05) is 28.6 Å². The van der Waals surface area contributed by atoms with E-state index in [1.54, 1.807) is 59.3 Å². The maximum atomic E-state index is 12.4. The first-order valence-corrected chi connectivity index (χ1v) is 9.69. The molecule has 1 aromatic carbocycles. The van der Waals surface area contributed by atoms with Crippen LogP contribution in [0, 0.1) is 6.92 Å². The molecule has 6 heteroatoms. The van der Waals surface area contributed by atoms with E-state index in [2.05, 4.69) is 0 Å². The molecule has 0 amide bonds. The molecule has 0 aliphatic heterocycles. The van der Waals surface area contributed by atoms with Gasteiger partial charge in [-0.05, 0) is 53.8 Å². The molecular weight excluding hydrogens is 380 g/mol. The fourth-order valence-electron chi connectivity index (χ4n) is 3.07. The summed E-state index contributed by atoms with van der Waals surface area (Å²) in [6, 6.07) is 14.3. The maximum absolute atomic E-state index is 12.4. The van der Waals surface area contributed by atoms with Gasteiger partial charge < -0.3 is 9.67 Å². The van der Waals surface area contributed by atoms with Crippen molar-refractivity contribution in [2.45, 2.75) is 13.0 Å². The number of pyridine rings is 2. The number of aryl methyl sites for hydroxylation is 2. The summed E-state index contributed by atoms with van der Waals surface area (Å²) >= 11 is 7.51. The minimum atomic E-state index is -0.873. The average Bonchev–Trinajstić information content (AvgIpc) is 3.10. The van der Waals surface area contributed by atoms with Gasteiger partial charge >= 0.3 is 0 Å². The zero-order valence-corrected chi connectivity index (χ0v) is 16.4. The maximum Gasteiger partial charge on any atom is 0.251 e. The van der Waals surface area contributed by atoms with Gasteiger partial charge in [-0.3, -0.25) is 4.79 Å². The Morgan fingerprint density at radius 1 is 1.15 bits per heavy atom. The molecule has 0 radical (unpaired) electrons. The third kappa shape index (κ3) is 3.30. The molecule has 3 heterocycles. The molecule has 0 fully saturated rings. The SMILES string of the molecule is Cc1csc(-c2cc(=O)n(C)c3ccc(C(O)c4ccc(Cl)cc4)nc23)c1. The molecule has 4 rings (SSSR count). The van der Waals surface area contributed by atoms with Crippen molar-refractivity contribution in [3.8, 4) is 10.4 Å². The van der Waals surface area contributed by atoms with E-state index in [9.17, 15) is 9.90 Å². The van der Waals surface area contributed by atoms with Crippen LogP contribution < -0.4 is 5.56 Å². The second-order valence-corrected chi connectivity index (χ2v) is 7.85. The largest absolute Gasteiger partial charge is 0.382 e. The highest BCUT2D eigenvalue weighted by atomic mass is 35.5. The fourth-order valence-corrected chi connectivity index (χ4v) is 4.11. The number of aromatic nitrogens is 2. The summed E-state index contributed by atoms with van der Waals surface area (Å²) in [7, 11) is 1.73. The van der Waals surface area contributed by atoms with Crippen LogP contribution in [0.25, 0.3) is 21.5 Å². The lowest BCUT2D eigenvalue weighted by Gasteiger charge is -2.14. The predicted molar refractivity (Wildman–Crippen MR) is 111 cm³/mol. The third-order valence-corrected chi connectivity index (χ3v) is 5.91. The van der Waals surface area contributed by atoms with Crippen molar-refractivity contribution in [1.29, 1.82) is 0 Å². The molecule has 1 unspecified atom stereocenters. The standard InChI is InChI=1S/C21H17ClN2O2S/c1-12-9-18(27-11-12)15-10-19(25)24(2)17-8-7-16(23-20(15)17)21(26)13-3-5-14(22)6-4-13/h3-11,21,26H,1-2H3. The zero-order valence-electron chi connectivity index (χ0n) is 14.8. The molecule has 1 N–H and O–H groups in total. The fraction of sp³-hybridized carbons (Fsp3) is 0.143. The van der Waals surface area contributed by atoms with E-state index < -0.39 is 6.10 Å². The van der Waals surface area contributed by atoms with E-state index in [1.807, 2.05) is 24.4 Å². The number of hydrogen-bond donors (Lipinski definition) is 1. The number of nitrogens with zero attached hydrogens (tertiary/aromatic N) is 2. The highest BCUT2D eigenvalue weighted by molar-refractivity contribution is 7.13. The van der Waals surface area contributed by atoms with Gasteiger partial charge in [0.05, 0.1) is 16.7 Å². The Kier molecular flexibility index (Phi) is 4.60. The Morgan fingerprint density at radius 2 is 1.89 bits per heavy atom. The van der Waals surface area contributed by atoms with Gasteiger partial charge in [0.2, 0.25) is 0 Å². The Labute approximate surface area is 165 Å². The van der Waals surface area contributed by atoms with Crippen LogP contribution in [0.2, 0.25) is 5.02 Å². The number of fused-ring (bicyclic) bond motifs is 1. The normalized spacial score (nSPS) is 12.4. The zero-order chi connectivity index (χ0) is 19.1. The Bertz CT molecular complexity index is 1200. The van der Waals surface area contributed by atoms with Crippen molar-refractivity contribution in [3.05, 3.63) is 86.1 Å². The summed E-state index contributed by atoms with van der Waals surface area (Å²) < 4.78 is 1.57. The molecule has 4 aromatic rings. The molecule has 4 nitrogen and oxygen atoms in total. The van der Waals surface area contributed by atoms with E-state index in [4.69, 9.17) is 16.6 Å². The molecule has 0 saturated carbocycles. The predicted octanol–water partition coefficient (Wildman–Crippen LogP) is 4.71. The van der Waals surface area contributed by atoms with Gasteiger partial charge in [-0.1, -0.05) is 23.7 Å². The first kappa shape index (κ1) is 17.9. The molecule has 0 aliphatic carbocycles. The minimum absolute atomic E-state index is 0.0867. The Morgan fingerprint density at radius 3 is 2.56 bits per heavy atom. The first-order chi connectivity index (χ1) is 12.9. The number of rotatable bonds is 3. The van der Waals surface area contributed by atoms with Gasteiger partial charge in [0.25, 0.3) is 5.56 Å². The average molecular weight is 397 g/mol. The van der Waals surface area contributed by atoms with Crippen LogP contribution in [-0.2, 0) is 7.05 Å². The molecule has 0 spiro atoms. The quantitative estimate of drug-likeness (QED) is 0.545. The third-order valence-electron chi connectivity index (χ3n) is 4.57. The van der Waals surface area contributed by atoms with E-state index >= 15 is 0 Å². The lowest BCUT2D eigenvalue weighted by Crippen LogP contribution is -2.17. The van der Waals surface area contributed by atoms with Crippen LogP contribution >= 0.6 is 22.9 Å². The Balaban J connectivity index is 1.91. The van der Waals surface area contributed by atoms with E-state index in [0.29, 0.717) is 21.8 Å². The van der Waals surface area contributed by atoms with Crippen LogP contribution in [0.5, 0.6) is 0 Å². The molecular formula is C21H17ClN2O2S. The lowest BCUT2D eigenvalue weighted by atomic mass is 10.0. The van der Waals surface area contributed by atoms with Crippen molar-refractivity contribution < 1.29 is 5.11 Å². The summed E-state index contributed by atoms with van der Waals surface area (Å²) in [5.74, 6) is 0. The van der Waals surface area contributed by atoms with Crippen LogP contribution in [0.3, 0.4) is 0 Å². The molecule has 0 aliphatic rings. The van der Waals surface area contributed by atoms with Gasteiger partial charge in [-0.2, -0.15) is 0 Å². The van der Waals surface area contributed by atoms with Gasteiger partial charge in [-0.15, -0.1) is 11.3 Å². The highest BCUT2D eigenvalue weighted by Gasteiger charge is 2.16. The summed E-state index contributed by atoms with van der Waals surface area (Å²) in [6.07, 6.45) is -0.873. The number of aliphatic hydroxyl groups excluding tert-OH is 1. The minimum Gasteiger partial charge on any atom is -0.382 e. The second-order valence-electron chi connectivity index (χ2n) is 6.50. The number of hydrogen-bond acceptors (Lipinski definition) is 4. The molecule has 3 aromatic heterocycles. The van der Waals surface area contributed by atoms with Crippen molar-refractivity contribution in [2.75, 3.05) is 0 Å². The highest BCUT2D eigenvalue weighted by Crippen LogP contribution is 2.32. The van der Waals surface area contributed by atoms with Crippen molar-refractivity contribution in [2.24, 2.45) is 7.05 Å². The van der Waals surface area contributed by atoms with Crippen LogP contribution in [0.4, 0.5) is 0 Å². The number of benzene rings is 1. The Hall–Kier alpha value is -2.47. The molecule has 0 saturated heterocycles. The van der Waals surface area contributed by atoms with Gasteiger partial charge in [-0.25, -0.2) is 4.98 Å². The van der Waals surface area contributed by atoms with E-state index in [1.165, 1.54) is 0 Å². The van der Waals surface area contributed by atoms with Crippen molar-refractivity contribution >= 4 is 34.0 Å². The number of aliphatic hydroxyl groups is 1. The van der Waals surface area contributed by atoms with E-state index in [0.717, 1.165) is 21.5 Å². The number of thiophene rings is 1. The molecule has 136 valence electrons. The van der Waals surface area contributed by atoms with Gasteiger partial charge in [0.15, 0.2) is 0 Å². The lowest BCUT2D eigenvalue weighted by molar-refractivity contribution is 0.216. The second kappa shape index (κ2) is 6.93. The summed E-state index contributed by atoms with van der Waals surface area (Å²) in [4.78, 5) is 18.1. The summed E-state index contributed by atoms with van der Waals surface area (Å²) in [5.41, 5.74) is 4.51. The smallest absolute Gasteiger partial charge is 0.251 e. The summed E-state index contributed by atoms with van der Waals surface area (Å²) in [6.45, 7) is 2.02. The van der Waals surface area contributed by atoms with Gasteiger partial charge in [0.1, 0.15) is 6.10 Å². The monoisotopic (exact) mass is 396 g/mol. The van der Waals surface area contributed by atoms with E-state index in [-0.39, 0.29) is 5.56 Å².